The van der Waals surface area contributed by atoms with Crippen molar-refractivity contribution in [2.75, 3.05) is 18.1 Å². The second-order valence-electron chi connectivity index (χ2n) is 9.35. The van der Waals surface area contributed by atoms with Gasteiger partial charge < -0.3 is 13.9 Å². The molecule has 5 rings (SSSR count). The largest absolute Gasteiger partial charge is 0.494 e. The van der Waals surface area contributed by atoms with Gasteiger partial charge in [-0.25, -0.2) is 9.18 Å². The molecule has 7 nitrogen and oxygen atoms in total. The maximum absolute atomic E-state index is 14.1. The first-order valence-corrected chi connectivity index (χ1v) is 13.0. The number of unbranched alkanes of at least 4 members (excludes halogenated alkanes) is 1. The summed E-state index contributed by atoms with van der Waals surface area (Å²) >= 11 is 0. The Balaban J connectivity index is 1.62. The molecule has 8 heteroatoms. The molecule has 0 fully saturated rings. The molecule has 4 aromatic rings. The third-order valence-electron chi connectivity index (χ3n) is 6.59. The van der Waals surface area contributed by atoms with Crippen LogP contribution in [0.25, 0.3) is 11.0 Å². The van der Waals surface area contributed by atoms with Crippen LogP contribution in [-0.4, -0.2) is 25.1 Å². The standard InChI is InChI=1S/C31H28FNO6/c1-3-5-16-38-31(36)19-9-12-22(13-10-19)33-27(20-7-6-8-23(17-20)37-15-4-2)26-28(34)24-18-21(32)11-14-25(24)39-29(26)30(33)35/h6-14,17-18,27H,3-5,15-16H2,1-2H3. The fraction of sp³-hybridized carbons (Fsp3) is 0.258. The van der Waals surface area contributed by atoms with Crippen LogP contribution in [0.3, 0.4) is 0 Å². The number of hydrogen-bond donors (Lipinski definition) is 0. The van der Waals surface area contributed by atoms with Crippen molar-refractivity contribution < 1.29 is 27.9 Å². The summed E-state index contributed by atoms with van der Waals surface area (Å²) in [6, 6.07) is 16.4. The Morgan fingerprint density at radius 1 is 0.974 bits per heavy atom. The first kappa shape index (κ1) is 26.2. The minimum Gasteiger partial charge on any atom is -0.494 e. The van der Waals surface area contributed by atoms with Gasteiger partial charge in [0.1, 0.15) is 17.1 Å². The molecule has 0 saturated heterocycles. The zero-order valence-electron chi connectivity index (χ0n) is 21.7. The Morgan fingerprint density at radius 3 is 2.51 bits per heavy atom. The Bertz CT molecular complexity index is 1590. The molecule has 0 radical (unpaired) electrons. The molecule has 0 N–H and O–H groups in total. The minimum absolute atomic E-state index is 0.0527. The van der Waals surface area contributed by atoms with Gasteiger partial charge in [0.15, 0.2) is 5.43 Å². The molecule has 1 aromatic heterocycles. The number of carbonyl (C=O) groups is 2. The molecule has 3 aromatic carbocycles. The van der Waals surface area contributed by atoms with Crippen molar-refractivity contribution in [3.63, 3.8) is 0 Å². The second kappa shape index (κ2) is 11.1. The van der Waals surface area contributed by atoms with Crippen LogP contribution in [0.15, 0.2) is 75.9 Å². The van der Waals surface area contributed by atoms with E-state index in [-0.39, 0.29) is 22.3 Å². The van der Waals surface area contributed by atoms with Crippen molar-refractivity contribution >= 4 is 28.5 Å². The highest BCUT2D eigenvalue weighted by Crippen LogP contribution is 2.42. The fourth-order valence-corrected chi connectivity index (χ4v) is 4.67. The molecule has 0 bridgehead atoms. The van der Waals surface area contributed by atoms with E-state index in [1.165, 1.54) is 17.0 Å². The summed E-state index contributed by atoms with van der Waals surface area (Å²) in [4.78, 5) is 41.4. The molecule has 200 valence electrons. The molecular formula is C31H28FNO6. The van der Waals surface area contributed by atoms with E-state index >= 15 is 0 Å². The first-order valence-electron chi connectivity index (χ1n) is 13.0. The Morgan fingerprint density at radius 2 is 1.77 bits per heavy atom. The average Bonchev–Trinajstić information content (AvgIpc) is 3.25. The second-order valence-corrected chi connectivity index (χ2v) is 9.35. The molecule has 1 aliphatic heterocycles. The lowest BCUT2D eigenvalue weighted by atomic mass is 9.98. The molecule has 1 atom stereocenters. The van der Waals surface area contributed by atoms with E-state index in [1.807, 2.05) is 13.8 Å². The number of halogens is 1. The number of nitrogens with zero attached hydrogens (tertiary/aromatic N) is 1. The monoisotopic (exact) mass is 529 g/mol. The topological polar surface area (TPSA) is 86.0 Å². The summed E-state index contributed by atoms with van der Waals surface area (Å²) in [7, 11) is 0. The lowest BCUT2D eigenvalue weighted by molar-refractivity contribution is 0.0499. The van der Waals surface area contributed by atoms with E-state index in [1.54, 1.807) is 48.5 Å². The fourth-order valence-electron chi connectivity index (χ4n) is 4.67. The van der Waals surface area contributed by atoms with Crippen molar-refractivity contribution in [2.24, 2.45) is 0 Å². The van der Waals surface area contributed by atoms with Crippen LogP contribution < -0.4 is 15.1 Å². The summed E-state index contributed by atoms with van der Waals surface area (Å²) in [6.07, 6.45) is 2.49. The Hall–Kier alpha value is -4.46. The Labute approximate surface area is 224 Å². The summed E-state index contributed by atoms with van der Waals surface area (Å²) in [5.41, 5.74) is 1.19. The SMILES string of the molecule is CCCCOC(=O)c1ccc(N2C(=O)c3oc4ccc(F)cc4c(=O)c3C2c2cccc(OCCC)c2)cc1. The van der Waals surface area contributed by atoms with E-state index in [4.69, 9.17) is 13.9 Å². The van der Waals surface area contributed by atoms with Gasteiger partial charge in [0.05, 0.1) is 35.8 Å². The summed E-state index contributed by atoms with van der Waals surface area (Å²) in [6.45, 7) is 4.84. The molecule has 0 spiro atoms. The molecule has 0 aliphatic carbocycles. The number of anilines is 1. The highest BCUT2D eigenvalue weighted by atomic mass is 19.1. The maximum atomic E-state index is 14.1. The van der Waals surface area contributed by atoms with Gasteiger partial charge in [0, 0.05) is 5.69 Å². The van der Waals surface area contributed by atoms with Gasteiger partial charge in [-0.3, -0.25) is 14.5 Å². The van der Waals surface area contributed by atoms with Gasteiger partial charge in [0.25, 0.3) is 5.91 Å². The van der Waals surface area contributed by atoms with Gasteiger partial charge in [-0.15, -0.1) is 0 Å². The van der Waals surface area contributed by atoms with Crippen LogP contribution in [-0.2, 0) is 4.74 Å². The zero-order chi connectivity index (χ0) is 27.5. The van der Waals surface area contributed by atoms with Gasteiger partial charge in [-0.1, -0.05) is 32.4 Å². The van der Waals surface area contributed by atoms with E-state index in [2.05, 4.69) is 0 Å². The van der Waals surface area contributed by atoms with E-state index in [0.29, 0.717) is 35.8 Å². The quantitative estimate of drug-likeness (QED) is 0.184. The molecule has 1 amide bonds. The van der Waals surface area contributed by atoms with Crippen molar-refractivity contribution in [2.45, 2.75) is 39.2 Å². The van der Waals surface area contributed by atoms with Gasteiger partial charge in [-0.2, -0.15) is 0 Å². The molecule has 2 heterocycles. The third kappa shape index (κ3) is 5.02. The summed E-state index contributed by atoms with van der Waals surface area (Å²) in [5.74, 6) is -1.06. The van der Waals surface area contributed by atoms with Crippen LogP contribution >= 0.6 is 0 Å². The number of fused-ring (bicyclic) bond motifs is 2. The lowest BCUT2D eigenvalue weighted by Gasteiger charge is -2.25. The molecule has 0 saturated carbocycles. The van der Waals surface area contributed by atoms with Crippen LogP contribution in [0.1, 0.15) is 71.2 Å². The van der Waals surface area contributed by atoms with Gasteiger partial charge >= 0.3 is 5.97 Å². The summed E-state index contributed by atoms with van der Waals surface area (Å²) in [5, 5.41) is 0.0527. The smallest absolute Gasteiger partial charge is 0.338 e. The van der Waals surface area contributed by atoms with E-state index < -0.39 is 29.2 Å². The normalized spacial score (nSPS) is 14.5. The molecule has 39 heavy (non-hydrogen) atoms. The predicted molar refractivity (Wildman–Crippen MR) is 145 cm³/mol. The molecular weight excluding hydrogens is 501 g/mol. The Kier molecular flexibility index (Phi) is 7.45. The predicted octanol–water partition coefficient (Wildman–Crippen LogP) is 6.43. The molecule has 1 unspecified atom stereocenters. The number of carbonyl (C=O) groups excluding carboxylic acids is 2. The third-order valence-corrected chi connectivity index (χ3v) is 6.59. The summed E-state index contributed by atoms with van der Waals surface area (Å²) < 4.78 is 31.1. The number of rotatable bonds is 9. The molecule has 1 aliphatic rings. The van der Waals surface area contributed by atoms with Crippen molar-refractivity contribution in [3.05, 3.63) is 105 Å². The van der Waals surface area contributed by atoms with Crippen LogP contribution in [0.2, 0.25) is 0 Å². The zero-order valence-corrected chi connectivity index (χ0v) is 21.7. The van der Waals surface area contributed by atoms with Crippen molar-refractivity contribution in [1.82, 2.24) is 0 Å². The number of benzene rings is 3. The number of ether oxygens (including phenoxy) is 2. The van der Waals surface area contributed by atoms with E-state index in [0.717, 1.165) is 25.3 Å². The minimum atomic E-state index is -0.857. The van der Waals surface area contributed by atoms with Crippen LogP contribution in [0.4, 0.5) is 10.1 Å². The number of amides is 1. The van der Waals surface area contributed by atoms with Crippen molar-refractivity contribution in [3.8, 4) is 5.75 Å². The lowest BCUT2D eigenvalue weighted by Crippen LogP contribution is -2.29. The first-order chi connectivity index (χ1) is 18.9. The van der Waals surface area contributed by atoms with Gasteiger partial charge in [0.2, 0.25) is 5.76 Å². The van der Waals surface area contributed by atoms with Crippen molar-refractivity contribution in [1.29, 1.82) is 0 Å². The van der Waals surface area contributed by atoms with Crippen LogP contribution in [0, 0.1) is 5.82 Å². The number of esters is 1. The van der Waals surface area contributed by atoms with Crippen LogP contribution in [0.5, 0.6) is 5.75 Å². The maximum Gasteiger partial charge on any atom is 0.338 e. The van der Waals surface area contributed by atoms with E-state index in [9.17, 15) is 18.8 Å². The number of hydrogen-bond acceptors (Lipinski definition) is 6. The van der Waals surface area contributed by atoms with Gasteiger partial charge in [-0.05, 0) is 73.0 Å². The average molecular weight is 530 g/mol. The highest BCUT2D eigenvalue weighted by molar-refractivity contribution is 6.10. The highest BCUT2D eigenvalue weighted by Gasteiger charge is 2.43.